The average molecular weight is 458 g/mol. The SMILES string of the molecule is CN(Cc1ccco1)C(=O)CSc1nc2ccccc2c(=O)n1-c1ccc(F)c(Cl)c1. The Balaban J connectivity index is 1.68. The van der Waals surface area contributed by atoms with Crippen LogP contribution in [0.2, 0.25) is 5.02 Å². The van der Waals surface area contributed by atoms with E-state index in [-0.39, 0.29) is 22.2 Å². The zero-order valence-electron chi connectivity index (χ0n) is 16.4. The van der Waals surface area contributed by atoms with Gasteiger partial charge in [0.25, 0.3) is 5.56 Å². The summed E-state index contributed by atoms with van der Waals surface area (Å²) < 4.78 is 20.3. The van der Waals surface area contributed by atoms with Gasteiger partial charge in [-0.25, -0.2) is 9.37 Å². The minimum absolute atomic E-state index is 0.0525. The molecule has 4 aromatic rings. The highest BCUT2D eigenvalue weighted by molar-refractivity contribution is 7.99. The molecule has 2 heterocycles. The molecule has 4 rings (SSSR count). The Bertz CT molecular complexity index is 1310. The fraction of sp³-hybridized carbons (Fsp3) is 0.136. The smallest absolute Gasteiger partial charge is 0.266 e. The summed E-state index contributed by atoms with van der Waals surface area (Å²) >= 11 is 7.06. The highest BCUT2D eigenvalue weighted by Gasteiger charge is 2.17. The molecule has 6 nitrogen and oxygen atoms in total. The molecule has 0 atom stereocenters. The Morgan fingerprint density at radius 1 is 1.23 bits per heavy atom. The zero-order chi connectivity index (χ0) is 22.0. The quantitative estimate of drug-likeness (QED) is 0.314. The third-order valence-corrected chi connectivity index (χ3v) is 5.84. The number of rotatable bonds is 6. The van der Waals surface area contributed by atoms with Gasteiger partial charge in [-0.05, 0) is 42.5 Å². The Kier molecular flexibility index (Phi) is 6.11. The number of fused-ring (bicyclic) bond motifs is 1. The standard InChI is InChI=1S/C22H17ClFN3O3S/c1-26(12-15-5-4-10-30-15)20(28)13-31-22-25-19-7-3-2-6-16(19)21(29)27(22)14-8-9-18(24)17(23)11-14/h2-11H,12-13H2,1H3. The number of halogens is 2. The van der Waals surface area contributed by atoms with Crippen LogP contribution in [-0.2, 0) is 11.3 Å². The first-order valence-corrected chi connectivity index (χ1v) is 10.7. The zero-order valence-corrected chi connectivity index (χ0v) is 18.0. The van der Waals surface area contributed by atoms with E-state index in [0.717, 1.165) is 11.8 Å². The van der Waals surface area contributed by atoms with Gasteiger partial charge in [-0.3, -0.25) is 14.2 Å². The molecule has 31 heavy (non-hydrogen) atoms. The van der Waals surface area contributed by atoms with Gasteiger partial charge in [0.2, 0.25) is 5.91 Å². The Morgan fingerprint density at radius 2 is 2.03 bits per heavy atom. The van der Waals surface area contributed by atoms with Gasteiger partial charge in [-0.1, -0.05) is 35.5 Å². The summed E-state index contributed by atoms with van der Waals surface area (Å²) in [6.07, 6.45) is 1.55. The molecule has 158 valence electrons. The maximum absolute atomic E-state index is 13.7. The summed E-state index contributed by atoms with van der Waals surface area (Å²) in [7, 11) is 1.67. The molecular weight excluding hydrogens is 441 g/mol. The van der Waals surface area contributed by atoms with Crippen LogP contribution in [0.25, 0.3) is 16.6 Å². The molecule has 0 spiro atoms. The number of hydrogen-bond donors (Lipinski definition) is 0. The summed E-state index contributed by atoms with van der Waals surface area (Å²) in [5.74, 6) is -0.0251. The van der Waals surface area contributed by atoms with Crippen molar-refractivity contribution in [1.29, 1.82) is 0 Å². The second-order valence-corrected chi connectivity index (χ2v) is 8.12. The third kappa shape index (κ3) is 4.50. The van der Waals surface area contributed by atoms with E-state index in [1.165, 1.54) is 27.7 Å². The Labute approximate surface area is 186 Å². The van der Waals surface area contributed by atoms with E-state index in [4.69, 9.17) is 16.0 Å². The monoisotopic (exact) mass is 457 g/mol. The minimum atomic E-state index is -0.587. The maximum Gasteiger partial charge on any atom is 0.266 e. The molecule has 2 aromatic heterocycles. The number of amides is 1. The number of carbonyl (C=O) groups is 1. The lowest BCUT2D eigenvalue weighted by atomic mass is 10.2. The van der Waals surface area contributed by atoms with Crippen molar-refractivity contribution in [3.63, 3.8) is 0 Å². The largest absolute Gasteiger partial charge is 0.467 e. The van der Waals surface area contributed by atoms with E-state index in [1.807, 2.05) is 0 Å². The molecule has 9 heteroatoms. The van der Waals surface area contributed by atoms with Crippen molar-refractivity contribution in [2.24, 2.45) is 0 Å². The van der Waals surface area contributed by atoms with E-state index >= 15 is 0 Å². The van der Waals surface area contributed by atoms with Crippen molar-refractivity contribution >= 4 is 40.2 Å². The molecule has 2 aromatic carbocycles. The van der Waals surface area contributed by atoms with Crippen LogP contribution < -0.4 is 5.56 Å². The van der Waals surface area contributed by atoms with Crippen LogP contribution in [0, 0.1) is 5.82 Å². The predicted molar refractivity (Wildman–Crippen MR) is 118 cm³/mol. The topological polar surface area (TPSA) is 68.3 Å². The van der Waals surface area contributed by atoms with Crippen LogP contribution in [0.1, 0.15) is 5.76 Å². The molecule has 0 radical (unpaired) electrons. The highest BCUT2D eigenvalue weighted by atomic mass is 35.5. The minimum Gasteiger partial charge on any atom is -0.467 e. The van der Waals surface area contributed by atoms with Gasteiger partial charge in [0.05, 0.1) is 40.2 Å². The number of carbonyl (C=O) groups excluding carboxylic acids is 1. The molecule has 0 saturated carbocycles. The fourth-order valence-corrected chi connectivity index (χ4v) is 4.15. The number of furan rings is 1. The van der Waals surface area contributed by atoms with Crippen LogP contribution in [0.3, 0.4) is 0 Å². The van der Waals surface area contributed by atoms with Crippen LogP contribution >= 0.6 is 23.4 Å². The van der Waals surface area contributed by atoms with Gasteiger partial charge in [-0.2, -0.15) is 0 Å². The molecule has 0 saturated heterocycles. The van der Waals surface area contributed by atoms with Crippen molar-refractivity contribution in [2.75, 3.05) is 12.8 Å². The molecule has 0 aliphatic carbocycles. The lowest BCUT2D eigenvalue weighted by Gasteiger charge is -2.17. The lowest BCUT2D eigenvalue weighted by molar-refractivity contribution is -0.127. The summed E-state index contributed by atoms with van der Waals surface area (Å²) in [4.78, 5) is 31.9. The van der Waals surface area contributed by atoms with Crippen molar-refractivity contribution < 1.29 is 13.6 Å². The molecule has 1 amide bonds. The van der Waals surface area contributed by atoms with Crippen LogP contribution in [-0.4, -0.2) is 33.2 Å². The maximum atomic E-state index is 13.7. The number of hydrogen-bond acceptors (Lipinski definition) is 5. The molecule has 0 aliphatic heterocycles. The summed E-state index contributed by atoms with van der Waals surface area (Å²) in [6.45, 7) is 0.331. The van der Waals surface area contributed by atoms with Crippen molar-refractivity contribution in [3.05, 3.63) is 87.8 Å². The first-order valence-electron chi connectivity index (χ1n) is 9.30. The summed E-state index contributed by atoms with van der Waals surface area (Å²) in [6, 6.07) is 14.5. The Morgan fingerprint density at radius 3 is 2.77 bits per heavy atom. The molecule has 0 bridgehead atoms. The second-order valence-electron chi connectivity index (χ2n) is 6.77. The molecule has 0 fully saturated rings. The van der Waals surface area contributed by atoms with Gasteiger partial charge in [0, 0.05) is 7.05 Å². The van der Waals surface area contributed by atoms with Crippen LogP contribution in [0.4, 0.5) is 4.39 Å². The number of aromatic nitrogens is 2. The normalized spacial score (nSPS) is 11.1. The van der Waals surface area contributed by atoms with Gasteiger partial charge < -0.3 is 9.32 Å². The van der Waals surface area contributed by atoms with Gasteiger partial charge in [-0.15, -0.1) is 0 Å². The molecule has 0 aliphatic rings. The lowest BCUT2D eigenvalue weighted by Crippen LogP contribution is -2.28. The summed E-state index contributed by atoms with van der Waals surface area (Å²) in [5.41, 5.74) is 0.552. The van der Waals surface area contributed by atoms with Crippen molar-refractivity contribution in [2.45, 2.75) is 11.7 Å². The average Bonchev–Trinajstić information content (AvgIpc) is 3.27. The van der Waals surface area contributed by atoms with Crippen LogP contribution in [0.15, 0.2) is 75.2 Å². The van der Waals surface area contributed by atoms with E-state index in [2.05, 4.69) is 4.98 Å². The number of thioether (sulfide) groups is 1. The van der Waals surface area contributed by atoms with Crippen molar-refractivity contribution in [3.8, 4) is 5.69 Å². The van der Waals surface area contributed by atoms with Gasteiger partial charge in [0.15, 0.2) is 5.16 Å². The molecular formula is C22H17ClFN3O3S. The number of benzene rings is 2. The van der Waals surface area contributed by atoms with Crippen molar-refractivity contribution in [1.82, 2.24) is 14.5 Å². The Hall–Kier alpha value is -3.10. The van der Waals surface area contributed by atoms with E-state index in [0.29, 0.717) is 34.1 Å². The van der Waals surface area contributed by atoms with E-state index in [1.54, 1.807) is 49.7 Å². The van der Waals surface area contributed by atoms with Crippen LogP contribution in [0.5, 0.6) is 0 Å². The van der Waals surface area contributed by atoms with E-state index in [9.17, 15) is 14.0 Å². The van der Waals surface area contributed by atoms with Gasteiger partial charge in [0.1, 0.15) is 11.6 Å². The molecule has 0 unspecified atom stereocenters. The van der Waals surface area contributed by atoms with Gasteiger partial charge >= 0.3 is 0 Å². The first-order chi connectivity index (χ1) is 14.9. The number of para-hydroxylation sites is 1. The first kappa shape index (κ1) is 21.1. The molecule has 0 N–H and O–H groups in total. The fourth-order valence-electron chi connectivity index (χ4n) is 3.02. The third-order valence-electron chi connectivity index (χ3n) is 4.63. The number of nitrogens with zero attached hydrogens (tertiary/aromatic N) is 3. The second kappa shape index (κ2) is 8.95. The summed E-state index contributed by atoms with van der Waals surface area (Å²) in [5, 5.41) is 0.613. The predicted octanol–water partition coefficient (Wildman–Crippen LogP) is 4.52. The highest BCUT2D eigenvalue weighted by Crippen LogP contribution is 2.24. The van der Waals surface area contributed by atoms with E-state index < -0.39 is 5.82 Å².